The van der Waals surface area contributed by atoms with Gasteiger partial charge in [-0.15, -0.1) is 0 Å². The molecule has 3 rings (SSSR count). The van der Waals surface area contributed by atoms with Crippen molar-refractivity contribution in [2.45, 2.75) is 11.8 Å². The van der Waals surface area contributed by atoms with Crippen LogP contribution in [0.3, 0.4) is 0 Å². The third-order valence-corrected chi connectivity index (χ3v) is 5.49. The highest BCUT2D eigenvalue weighted by Crippen LogP contribution is 2.28. The summed E-state index contributed by atoms with van der Waals surface area (Å²) in [5.41, 5.74) is -0.0869. The van der Waals surface area contributed by atoms with E-state index in [0.717, 1.165) is 17.1 Å². The van der Waals surface area contributed by atoms with Gasteiger partial charge in [-0.2, -0.15) is 0 Å². The lowest BCUT2D eigenvalue weighted by Crippen LogP contribution is -2.19. The summed E-state index contributed by atoms with van der Waals surface area (Å²) >= 11 is 0. The molecule has 0 N–H and O–H groups in total. The van der Waals surface area contributed by atoms with E-state index in [2.05, 4.69) is 16.3 Å². The molecule has 0 aliphatic heterocycles. The number of fused-ring (bicyclic) bond motifs is 1. The Labute approximate surface area is 149 Å². The van der Waals surface area contributed by atoms with Gasteiger partial charge in [-0.1, -0.05) is 24.8 Å². The lowest BCUT2D eigenvalue weighted by Gasteiger charge is -2.11. The molecule has 6 nitrogen and oxygen atoms in total. The van der Waals surface area contributed by atoms with Gasteiger partial charge in [0.1, 0.15) is 17.2 Å². The van der Waals surface area contributed by atoms with Gasteiger partial charge >= 0.3 is 5.97 Å². The van der Waals surface area contributed by atoms with E-state index in [9.17, 15) is 17.6 Å². The number of halogens is 1. The van der Waals surface area contributed by atoms with Gasteiger partial charge in [0.15, 0.2) is 5.65 Å². The van der Waals surface area contributed by atoms with E-state index < -0.39 is 21.8 Å². The Hall–Kier alpha value is -3.00. The van der Waals surface area contributed by atoms with Crippen LogP contribution in [-0.2, 0) is 14.8 Å². The van der Waals surface area contributed by atoms with Crippen LogP contribution in [0.2, 0.25) is 0 Å². The SMILES string of the molecule is C=C(C)c1nc2c(cc1F)cc(C(=O)OC)n2S(=O)(=O)c1ccccc1. The van der Waals surface area contributed by atoms with Crippen LogP contribution < -0.4 is 0 Å². The molecule has 0 aliphatic carbocycles. The number of hydrogen-bond donors (Lipinski definition) is 0. The summed E-state index contributed by atoms with van der Waals surface area (Å²) in [4.78, 5) is 16.2. The topological polar surface area (TPSA) is 78.3 Å². The second-order valence-electron chi connectivity index (χ2n) is 5.62. The molecular weight excluding hydrogens is 359 g/mol. The highest BCUT2D eigenvalue weighted by molar-refractivity contribution is 7.90. The molecule has 26 heavy (non-hydrogen) atoms. The highest BCUT2D eigenvalue weighted by atomic mass is 32.2. The highest BCUT2D eigenvalue weighted by Gasteiger charge is 2.28. The molecule has 0 saturated carbocycles. The summed E-state index contributed by atoms with van der Waals surface area (Å²) in [7, 11) is -3.03. The number of hydrogen-bond acceptors (Lipinski definition) is 5. The Morgan fingerprint density at radius 2 is 1.88 bits per heavy atom. The number of methoxy groups -OCH3 is 1. The monoisotopic (exact) mass is 374 g/mol. The first kappa shape index (κ1) is 17.8. The molecule has 8 heteroatoms. The van der Waals surface area contributed by atoms with Gasteiger partial charge in [-0.3, -0.25) is 0 Å². The third-order valence-electron chi connectivity index (χ3n) is 3.77. The van der Waals surface area contributed by atoms with Crippen LogP contribution in [0.15, 0.2) is 53.9 Å². The first-order chi connectivity index (χ1) is 12.3. The van der Waals surface area contributed by atoms with Gasteiger partial charge in [0.2, 0.25) is 0 Å². The van der Waals surface area contributed by atoms with Gasteiger partial charge < -0.3 is 4.74 Å². The van der Waals surface area contributed by atoms with Crippen molar-refractivity contribution in [1.82, 2.24) is 8.96 Å². The molecule has 0 unspecified atom stereocenters. The fourth-order valence-electron chi connectivity index (χ4n) is 2.57. The van der Waals surface area contributed by atoms with E-state index in [1.54, 1.807) is 25.1 Å². The molecule has 1 aromatic carbocycles. The molecular formula is C18H15FN2O4S. The lowest BCUT2D eigenvalue weighted by atomic mass is 10.2. The maximum Gasteiger partial charge on any atom is 0.355 e. The van der Waals surface area contributed by atoms with Crippen molar-refractivity contribution in [3.8, 4) is 0 Å². The predicted molar refractivity (Wildman–Crippen MR) is 94.8 cm³/mol. The van der Waals surface area contributed by atoms with E-state index in [0.29, 0.717) is 5.57 Å². The number of allylic oxidation sites excluding steroid dienone is 1. The van der Waals surface area contributed by atoms with Gasteiger partial charge in [0, 0.05) is 5.39 Å². The molecule has 0 fully saturated rings. The van der Waals surface area contributed by atoms with Gasteiger partial charge in [-0.25, -0.2) is 26.6 Å². The smallest absolute Gasteiger partial charge is 0.355 e. The number of ether oxygens (including phenoxy) is 1. The molecule has 0 bridgehead atoms. The summed E-state index contributed by atoms with van der Waals surface area (Å²) in [5.74, 6) is -1.53. The average molecular weight is 374 g/mol. The fourth-order valence-corrected chi connectivity index (χ4v) is 4.04. The second-order valence-corrected chi connectivity index (χ2v) is 7.40. The molecule has 0 spiro atoms. The van der Waals surface area contributed by atoms with E-state index in [4.69, 9.17) is 0 Å². The van der Waals surface area contributed by atoms with Crippen molar-refractivity contribution in [2.75, 3.05) is 7.11 Å². The molecule has 3 aromatic rings. The van der Waals surface area contributed by atoms with Gasteiger partial charge in [-0.05, 0) is 36.8 Å². The average Bonchev–Trinajstić information content (AvgIpc) is 2.99. The molecule has 2 aromatic heterocycles. The largest absolute Gasteiger partial charge is 0.464 e. The number of nitrogens with zero attached hydrogens (tertiary/aromatic N) is 2. The van der Waals surface area contributed by atoms with Gasteiger partial charge in [0.25, 0.3) is 10.0 Å². The second kappa shape index (κ2) is 6.38. The minimum absolute atomic E-state index is 0.0364. The molecule has 134 valence electrons. The quantitative estimate of drug-likeness (QED) is 0.655. The van der Waals surface area contributed by atoms with E-state index in [1.165, 1.54) is 18.2 Å². The standard InChI is InChI=1S/C18H15FN2O4S/c1-11(2)16-14(19)9-12-10-15(18(22)25-3)21(17(12)20-16)26(23,24)13-7-5-4-6-8-13/h4-10H,1H2,2-3H3. The molecule has 2 heterocycles. The zero-order valence-electron chi connectivity index (χ0n) is 14.1. The van der Waals surface area contributed by atoms with Crippen molar-refractivity contribution < 1.29 is 22.3 Å². The van der Waals surface area contributed by atoms with Crippen molar-refractivity contribution >= 4 is 32.6 Å². The van der Waals surface area contributed by atoms with Crippen LogP contribution in [0.1, 0.15) is 23.1 Å². The van der Waals surface area contributed by atoms with Crippen LogP contribution in [0.5, 0.6) is 0 Å². The molecule has 0 aliphatic rings. The molecule has 0 saturated heterocycles. The van der Waals surface area contributed by atoms with Gasteiger partial charge in [0.05, 0.1) is 12.0 Å². The molecule has 0 atom stereocenters. The zero-order chi connectivity index (χ0) is 19.1. The van der Waals surface area contributed by atoms with E-state index in [1.807, 2.05) is 0 Å². The first-order valence-electron chi connectivity index (χ1n) is 7.54. The summed E-state index contributed by atoms with van der Waals surface area (Å²) < 4.78 is 45.9. The summed E-state index contributed by atoms with van der Waals surface area (Å²) in [5, 5.41) is 0.160. The Bertz CT molecular complexity index is 1130. The number of carbonyl (C=O) groups is 1. The Morgan fingerprint density at radius 3 is 2.46 bits per heavy atom. The van der Waals surface area contributed by atoms with Crippen molar-refractivity contribution in [1.29, 1.82) is 0 Å². The maximum atomic E-state index is 14.2. The van der Waals surface area contributed by atoms with Crippen LogP contribution in [-0.4, -0.2) is 30.5 Å². The summed E-state index contributed by atoms with van der Waals surface area (Å²) in [6.45, 7) is 5.20. The van der Waals surface area contributed by atoms with E-state index in [-0.39, 0.29) is 27.3 Å². The van der Waals surface area contributed by atoms with Crippen LogP contribution in [0.25, 0.3) is 16.6 Å². The molecule has 0 amide bonds. The van der Waals surface area contributed by atoms with Crippen molar-refractivity contribution in [2.24, 2.45) is 0 Å². The van der Waals surface area contributed by atoms with Crippen LogP contribution in [0, 0.1) is 5.82 Å². The number of benzene rings is 1. The number of aromatic nitrogens is 2. The number of pyridine rings is 1. The number of rotatable bonds is 4. The Morgan fingerprint density at radius 1 is 1.23 bits per heavy atom. The summed E-state index contributed by atoms with van der Waals surface area (Å²) in [6, 6.07) is 9.93. The summed E-state index contributed by atoms with van der Waals surface area (Å²) in [6.07, 6.45) is 0. The zero-order valence-corrected chi connectivity index (χ0v) is 14.9. The van der Waals surface area contributed by atoms with Crippen LogP contribution in [0.4, 0.5) is 4.39 Å². The minimum atomic E-state index is -4.16. The normalized spacial score (nSPS) is 11.5. The fraction of sp³-hybridized carbons (Fsp3) is 0.111. The third kappa shape index (κ3) is 2.78. The van der Waals surface area contributed by atoms with E-state index >= 15 is 0 Å². The number of carbonyl (C=O) groups excluding carboxylic acids is 1. The van der Waals surface area contributed by atoms with Crippen molar-refractivity contribution in [3.63, 3.8) is 0 Å². The number of esters is 1. The Kier molecular flexibility index (Phi) is 4.37. The predicted octanol–water partition coefficient (Wildman–Crippen LogP) is 3.23. The first-order valence-corrected chi connectivity index (χ1v) is 8.98. The molecule has 0 radical (unpaired) electrons. The van der Waals surface area contributed by atoms with Crippen molar-refractivity contribution in [3.05, 3.63) is 66.2 Å². The Balaban J connectivity index is 2.43. The maximum absolute atomic E-state index is 14.2. The van der Waals surface area contributed by atoms with Crippen LogP contribution >= 0.6 is 0 Å². The minimum Gasteiger partial charge on any atom is -0.464 e. The lowest BCUT2D eigenvalue weighted by molar-refractivity contribution is 0.0593.